The normalized spacial score (nSPS) is 11.1. The third-order valence-electron chi connectivity index (χ3n) is 4.32. The van der Waals surface area contributed by atoms with Gasteiger partial charge in [-0.1, -0.05) is 38.1 Å². The van der Waals surface area contributed by atoms with E-state index >= 15 is 0 Å². The summed E-state index contributed by atoms with van der Waals surface area (Å²) in [7, 11) is 0. The third kappa shape index (κ3) is 3.30. The van der Waals surface area contributed by atoms with Crippen molar-refractivity contribution in [2.45, 2.75) is 26.7 Å². The van der Waals surface area contributed by atoms with E-state index in [0.717, 1.165) is 18.5 Å². The second kappa shape index (κ2) is 6.97. The first-order valence-electron chi connectivity index (χ1n) is 8.10. The number of amides is 1. The van der Waals surface area contributed by atoms with E-state index in [0.29, 0.717) is 0 Å². The van der Waals surface area contributed by atoms with Gasteiger partial charge in [0.2, 0.25) is 5.91 Å². The van der Waals surface area contributed by atoms with Crippen molar-refractivity contribution in [1.82, 2.24) is 0 Å². The molecule has 1 aromatic heterocycles. The van der Waals surface area contributed by atoms with Crippen molar-refractivity contribution in [2.24, 2.45) is 5.92 Å². The van der Waals surface area contributed by atoms with Crippen molar-refractivity contribution in [1.29, 1.82) is 0 Å². The van der Waals surface area contributed by atoms with Gasteiger partial charge in [-0.15, -0.1) is 11.3 Å². The highest BCUT2D eigenvalue weighted by molar-refractivity contribution is 7.17. The molecule has 0 unspecified atom stereocenters. The third-order valence-corrected chi connectivity index (χ3v) is 5.20. The van der Waals surface area contributed by atoms with E-state index in [2.05, 4.69) is 60.9 Å². The van der Waals surface area contributed by atoms with Gasteiger partial charge >= 0.3 is 0 Å². The van der Waals surface area contributed by atoms with Crippen LogP contribution in [0.2, 0.25) is 0 Å². The number of nitrogens with one attached hydrogen (secondary N) is 1. The molecule has 0 fully saturated rings. The minimum atomic E-state index is 0.0919. The van der Waals surface area contributed by atoms with Gasteiger partial charge < -0.3 is 5.32 Å². The van der Waals surface area contributed by atoms with Crippen molar-refractivity contribution in [2.75, 3.05) is 5.32 Å². The minimum absolute atomic E-state index is 0.0919. The molecule has 0 aliphatic carbocycles. The molecule has 3 heteroatoms. The monoisotopic (exact) mass is 323 g/mol. The van der Waals surface area contributed by atoms with Gasteiger partial charge in [-0.25, -0.2) is 0 Å². The van der Waals surface area contributed by atoms with Crippen LogP contribution in [0, 0.1) is 5.92 Å². The highest BCUT2D eigenvalue weighted by Crippen LogP contribution is 2.32. The summed E-state index contributed by atoms with van der Waals surface area (Å²) in [4.78, 5) is 12.2. The van der Waals surface area contributed by atoms with E-state index in [9.17, 15) is 4.79 Å². The van der Waals surface area contributed by atoms with Crippen LogP contribution in [0.3, 0.4) is 0 Å². The Bertz CT molecular complexity index is 800. The smallest absolute Gasteiger partial charge is 0.227 e. The fraction of sp³-hybridized carbons (Fsp3) is 0.250. The average Bonchev–Trinajstić information content (AvgIpc) is 3.05. The zero-order chi connectivity index (χ0) is 16.2. The van der Waals surface area contributed by atoms with Crippen LogP contribution in [0.5, 0.6) is 0 Å². The molecule has 0 radical (unpaired) electrons. The summed E-state index contributed by atoms with van der Waals surface area (Å²) in [5, 5.41) is 6.42. The molecule has 0 saturated heterocycles. The quantitative estimate of drug-likeness (QED) is 0.618. The van der Waals surface area contributed by atoms with Gasteiger partial charge in [-0.3, -0.25) is 4.79 Å². The van der Waals surface area contributed by atoms with E-state index in [1.54, 1.807) is 11.3 Å². The summed E-state index contributed by atoms with van der Waals surface area (Å²) in [6, 6.07) is 16.7. The molecule has 1 heterocycles. The fourth-order valence-electron chi connectivity index (χ4n) is 2.88. The Morgan fingerprint density at radius 3 is 2.48 bits per heavy atom. The first-order valence-corrected chi connectivity index (χ1v) is 8.98. The molecular weight excluding hydrogens is 302 g/mol. The van der Waals surface area contributed by atoms with E-state index in [-0.39, 0.29) is 11.8 Å². The van der Waals surface area contributed by atoms with Crippen molar-refractivity contribution < 1.29 is 4.79 Å². The van der Waals surface area contributed by atoms with Crippen LogP contribution in [0.4, 0.5) is 5.69 Å². The van der Waals surface area contributed by atoms with Gasteiger partial charge in [0.05, 0.1) is 0 Å². The highest BCUT2D eigenvalue weighted by atomic mass is 32.1. The Morgan fingerprint density at radius 2 is 1.78 bits per heavy atom. The van der Waals surface area contributed by atoms with Gasteiger partial charge in [-0.2, -0.15) is 0 Å². The summed E-state index contributed by atoms with van der Waals surface area (Å²) in [5.41, 5.74) is 3.28. The molecule has 23 heavy (non-hydrogen) atoms. The van der Waals surface area contributed by atoms with Crippen molar-refractivity contribution in [3.63, 3.8) is 0 Å². The number of rotatable bonds is 5. The van der Waals surface area contributed by atoms with Crippen molar-refractivity contribution in [3.05, 3.63) is 53.9 Å². The molecule has 1 N–H and O–H groups in total. The molecular formula is C20H21NOS. The maximum Gasteiger partial charge on any atom is 0.227 e. The van der Waals surface area contributed by atoms with Gasteiger partial charge in [0.15, 0.2) is 0 Å². The van der Waals surface area contributed by atoms with Gasteiger partial charge in [0.25, 0.3) is 0 Å². The predicted octanol–water partition coefficient (Wildman–Crippen LogP) is 5.94. The highest BCUT2D eigenvalue weighted by Gasteiger charge is 2.14. The standard InChI is InChI=1S/C20H21NOS/c1-3-14(4-2)20(22)21-16-10-8-15(9-11-16)17-6-5-7-19-18(17)12-13-23-19/h5-14H,3-4H2,1-2H3,(H,21,22). The Morgan fingerprint density at radius 1 is 1.04 bits per heavy atom. The maximum absolute atomic E-state index is 12.2. The molecule has 0 bridgehead atoms. The lowest BCUT2D eigenvalue weighted by Crippen LogP contribution is -2.21. The maximum atomic E-state index is 12.2. The van der Waals surface area contributed by atoms with E-state index < -0.39 is 0 Å². The molecule has 0 spiro atoms. The fourth-order valence-corrected chi connectivity index (χ4v) is 3.70. The largest absolute Gasteiger partial charge is 0.326 e. The van der Waals surface area contributed by atoms with E-state index in [4.69, 9.17) is 0 Å². The molecule has 0 aliphatic heterocycles. The molecule has 0 saturated carbocycles. The Kier molecular flexibility index (Phi) is 4.77. The summed E-state index contributed by atoms with van der Waals surface area (Å²) < 4.78 is 1.30. The molecule has 2 aromatic carbocycles. The van der Waals surface area contributed by atoms with Gasteiger partial charge in [0.1, 0.15) is 0 Å². The van der Waals surface area contributed by atoms with Crippen LogP contribution in [0.15, 0.2) is 53.9 Å². The number of hydrogen-bond donors (Lipinski definition) is 1. The topological polar surface area (TPSA) is 29.1 Å². The van der Waals surface area contributed by atoms with Crippen LogP contribution in [-0.2, 0) is 4.79 Å². The lowest BCUT2D eigenvalue weighted by atomic mass is 10.0. The molecule has 1 amide bonds. The van der Waals surface area contributed by atoms with E-state index in [1.807, 2.05) is 12.1 Å². The lowest BCUT2D eigenvalue weighted by Gasteiger charge is -2.13. The zero-order valence-corrected chi connectivity index (χ0v) is 14.3. The average molecular weight is 323 g/mol. The van der Waals surface area contributed by atoms with Crippen LogP contribution < -0.4 is 5.32 Å². The number of thiophene rings is 1. The van der Waals surface area contributed by atoms with Crippen LogP contribution in [0.25, 0.3) is 21.2 Å². The predicted molar refractivity (Wildman–Crippen MR) is 100.0 cm³/mol. The zero-order valence-electron chi connectivity index (χ0n) is 13.5. The molecule has 2 nitrogen and oxygen atoms in total. The van der Waals surface area contributed by atoms with Crippen LogP contribution in [-0.4, -0.2) is 5.91 Å². The summed E-state index contributed by atoms with van der Waals surface area (Å²) in [6.45, 7) is 4.11. The minimum Gasteiger partial charge on any atom is -0.326 e. The van der Waals surface area contributed by atoms with E-state index in [1.165, 1.54) is 21.2 Å². The number of carbonyl (C=O) groups excluding carboxylic acids is 1. The second-order valence-corrected chi connectivity index (χ2v) is 6.67. The molecule has 0 atom stereocenters. The van der Waals surface area contributed by atoms with Gasteiger partial charge in [0, 0.05) is 21.7 Å². The van der Waals surface area contributed by atoms with Crippen molar-refractivity contribution in [3.8, 4) is 11.1 Å². The Balaban J connectivity index is 1.82. The number of anilines is 1. The number of carbonyl (C=O) groups is 1. The van der Waals surface area contributed by atoms with Gasteiger partial charge in [-0.05, 0) is 53.6 Å². The first kappa shape index (κ1) is 15.8. The SMILES string of the molecule is CCC(CC)C(=O)Nc1ccc(-c2cccc3sccc23)cc1. The lowest BCUT2D eigenvalue weighted by molar-refractivity contribution is -0.120. The Hall–Kier alpha value is -2.13. The van der Waals surface area contributed by atoms with Crippen molar-refractivity contribution >= 4 is 33.0 Å². The van der Waals surface area contributed by atoms with Crippen LogP contribution in [0.1, 0.15) is 26.7 Å². The summed E-state index contributed by atoms with van der Waals surface area (Å²) in [5.74, 6) is 0.205. The molecule has 3 aromatic rings. The number of benzene rings is 2. The Labute approximate surface area is 141 Å². The molecule has 0 aliphatic rings. The number of fused-ring (bicyclic) bond motifs is 1. The number of hydrogen-bond acceptors (Lipinski definition) is 2. The molecule has 3 rings (SSSR count). The summed E-state index contributed by atoms with van der Waals surface area (Å²) in [6.07, 6.45) is 1.75. The first-order chi connectivity index (χ1) is 11.2. The second-order valence-electron chi connectivity index (χ2n) is 5.72. The summed E-state index contributed by atoms with van der Waals surface area (Å²) >= 11 is 1.76. The molecule has 118 valence electrons. The van der Waals surface area contributed by atoms with Crippen LogP contribution >= 0.6 is 11.3 Å².